The number of likely N-dealkylation sites (tertiary alicyclic amines) is 1. The van der Waals surface area contributed by atoms with Gasteiger partial charge in [0, 0.05) is 19.1 Å². The maximum absolute atomic E-state index is 12.0. The summed E-state index contributed by atoms with van der Waals surface area (Å²) < 4.78 is 0. The van der Waals surface area contributed by atoms with E-state index in [0.29, 0.717) is 37.5 Å². The van der Waals surface area contributed by atoms with Crippen LogP contribution in [0.5, 0.6) is 0 Å². The average Bonchev–Trinajstić information content (AvgIpc) is 2.33. The summed E-state index contributed by atoms with van der Waals surface area (Å²) in [6.07, 6.45) is 4.37. The molecular weight excluding hydrogens is 240 g/mol. The Hall–Kier alpha value is -0.610. The van der Waals surface area contributed by atoms with Crippen LogP contribution in [0.15, 0.2) is 0 Å². The largest absolute Gasteiger partial charge is 0.387 e. The SMILES string of the molecule is CCC1(O)CN(CC(=O)NC2CCCC(C)C2C)C1. The molecule has 110 valence electrons. The third-order valence-corrected chi connectivity index (χ3v) is 5.11. The second-order valence-electron chi connectivity index (χ2n) is 6.66. The van der Waals surface area contributed by atoms with Crippen LogP contribution in [0, 0.1) is 11.8 Å². The van der Waals surface area contributed by atoms with Crippen LogP contribution in [-0.2, 0) is 4.79 Å². The van der Waals surface area contributed by atoms with Crippen molar-refractivity contribution < 1.29 is 9.90 Å². The van der Waals surface area contributed by atoms with Crippen LogP contribution in [0.4, 0.5) is 0 Å². The first-order valence-electron chi connectivity index (χ1n) is 7.67. The van der Waals surface area contributed by atoms with Gasteiger partial charge in [0.05, 0.1) is 12.1 Å². The van der Waals surface area contributed by atoms with Crippen molar-refractivity contribution in [2.75, 3.05) is 19.6 Å². The van der Waals surface area contributed by atoms with E-state index in [0.717, 1.165) is 12.8 Å². The van der Waals surface area contributed by atoms with E-state index in [4.69, 9.17) is 0 Å². The molecule has 2 fully saturated rings. The molecular formula is C15H28N2O2. The quantitative estimate of drug-likeness (QED) is 0.810. The topological polar surface area (TPSA) is 52.6 Å². The lowest BCUT2D eigenvalue weighted by molar-refractivity contribution is -0.134. The first kappa shape index (κ1) is 14.8. The van der Waals surface area contributed by atoms with Crippen molar-refractivity contribution in [1.82, 2.24) is 10.2 Å². The van der Waals surface area contributed by atoms with Crippen LogP contribution in [0.2, 0.25) is 0 Å². The average molecular weight is 268 g/mol. The molecule has 3 atom stereocenters. The zero-order valence-corrected chi connectivity index (χ0v) is 12.5. The van der Waals surface area contributed by atoms with Gasteiger partial charge in [0.15, 0.2) is 0 Å². The van der Waals surface area contributed by atoms with E-state index in [1.54, 1.807) is 0 Å². The predicted octanol–water partition coefficient (Wildman–Crippen LogP) is 1.38. The molecule has 0 spiro atoms. The molecule has 1 saturated heterocycles. The van der Waals surface area contributed by atoms with E-state index < -0.39 is 5.60 Å². The van der Waals surface area contributed by atoms with Crippen LogP contribution in [-0.4, -0.2) is 47.2 Å². The Morgan fingerprint density at radius 1 is 1.37 bits per heavy atom. The molecule has 4 nitrogen and oxygen atoms in total. The number of rotatable bonds is 4. The fraction of sp³-hybridized carbons (Fsp3) is 0.933. The number of hydrogen-bond acceptors (Lipinski definition) is 3. The molecule has 0 radical (unpaired) electrons. The normalized spacial score (nSPS) is 34.6. The van der Waals surface area contributed by atoms with Crippen molar-refractivity contribution >= 4 is 5.91 Å². The smallest absolute Gasteiger partial charge is 0.234 e. The minimum atomic E-state index is -0.549. The molecule has 1 heterocycles. The highest BCUT2D eigenvalue weighted by atomic mass is 16.3. The van der Waals surface area contributed by atoms with Gasteiger partial charge in [-0.2, -0.15) is 0 Å². The number of hydrogen-bond donors (Lipinski definition) is 2. The van der Waals surface area contributed by atoms with Crippen LogP contribution >= 0.6 is 0 Å². The predicted molar refractivity (Wildman–Crippen MR) is 75.8 cm³/mol. The minimum absolute atomic E-state index is 0.115. The molecule has 2 rings (SSSR count). The second-order valence-corrected chi connectivity index (χ2v) is 6.66. The van der Waals surface area contributed by atoms with Crippen molar-refractivity contribution in [1.29, 1.82) is 0 Å². The standard InChI is InChI=1S/C15H28N2O2/c1-4-15(19)9-17(10-15)8-14(18)16-13-7-5-6-11(2)12(13)3/h11-13,19H,4-10H2,1-3H3,(H,16,18). The molecule has 19 heavy (non-hydrogen) atoms. The van der Waals surface area contributed by atoms with E-state index >= 15 is 0 Å². The van der Waals surface area contributed by atoms with Gasteiger partial charge < -0.3 is 10.4 Å². The molecule has 1 saturated carbocycles. The summed E-state index contributed by atoms with van der Waals surface area (Å²) in [6.45, 7) is 8.21. The number of β-amino-alcohol motifs (C(OH)–C–C–N with tert-alkyl or cyclic N) is 1. The monoisotopic (exact) mass is 268 g/mol. The third-order valence-electron chi connectivity index (χ3n) is 5.11. The van der Waals surface area contributed by atoms with Gasteiger partial charge in [-0.05, 0) is 24.7 Å². The van der Waals surface area contributed by atoms with E-state index in [2.05, 4.69) is 19.2 Å². The fourth-order valence-corrected chi connectivity index (χ4v) is 3.36. The summed E-state index contributed by atoms with van der Waals surface area (Å²) in [4.78, 5) is 14.1. The van der Waals surface area contributed by atoms with E-state index in [9.17, 15) is 9.90 Å². The Balaban J connectivity index is 1.73. The number of amides is 1. The van der Waals surface area contributed by atoms with Crippen LogP contribution in [0.25, 0.3) is 0 Å². The number of nitrogens with one attached hydrogen (secondary N) is 1. The van der Waals surface area contributed by atoms with Gasteiger partial charge in [-0.25, -0.2) is 0 Å². The van der Waals surface area contributed by atoms with Gasteiger partial charge in [0.2, 0.25) is 5.91 Å². The summed E-state index contributed by atoms with van der Waals surface area (Å²) in [7, 11) is 0. The van der Waals surface area contributed by atoms with Crippen molar-refractivity contribution in [2.24, 2.45) is 11.8 Å². The fourth-order valence-electron chi connectivity index (χ4n) is 3.36. The summed E-state index contributed by atoms with van der Waals surface area (Å²) in [5, 5.41) is 13.1. The molecule has 0 aromatic carbocycles. The summed E-state index contributed by atoms with van der Waals surface area (Å²) in [6, 6.07) is 0.336. The number of nitrogens with zero attached hydrogens (tertiary/aromatic N) is 1. The van der Waals surface area contributed by atoms with E-state index in [1.165, 1.54) is 12.8 Å². The molecule has 0 aromatic heterocycles. The maximum atomic E-state index is 12.0. The summed E-state index contributed by atoms with van der Waals surface area (Å²) in [5.41, 5.74) is -0.549. The van der Waals surface area contributed by atoms with Gasteiger partial charge in [-0.15, -0.1) is 0 Å². The molecule has 2 N–H and O–H groups in total. The zero-order chi connectivity index (χ0) is 14.0. The first-order valence-corrected chi connectivity index (χ1v) is 7.67. The van der Waals surface area contributed by atoms with E-state index in [-0.39, 0.29) is 5.91 Å². The number of carbonyl (C=O) groups is 1. The summed E-state index contributed by atoms with van der Waals surface area (Å²) >= 11 is 0. The highest BCUT2D eigenvalue weighted by Gasteiger charge is 2.40. The van der Waals surface area contributed by atoms with Crippen molar-refractivity contribution in [3.05, 3.63) is 0 Å². The Morgan fingerprint density at radius 2 is 2.05 bits per heavy atom. The van der Waals surface area contributed by atoms with Crippen LogP contribution in [0.3, 0.4) is 0 Å². The Bertz CT molecular complexity index is 326. The molecule has 1 aliphatic carbocycles. The van der Waals surface area contributed by atoms with Gasteiger partial charge in [-0.1, -0.05) is 33.6 Å². The lowest BCUT2D eigenvalue weighted by atomic mass is 9.78. The number of carbonyl (C=O) groups excluding carboxylic acids is 1. The molecule has 3 unspecified atom stereocenters. The van der Waals surface area contributed by atoms with Crippen LogP contribution < -0.4 is 5.32 Å². The minimum Gasteiger partial charge on any atom is -0.387 e. The highest BCUT2D eigenvalue weighted by molar-refractivity contribution is 5.78. The third kappa shape index (κ3) is 3.48. The van der Waals surface area contributed by atoms with Gasteiger partial charge in [0.25, 0.3) is 0 Å². The Morgan fingerprint density at radius 3 is 2.68 bits per heavy atom. The summed E-state index contributed by atoms with van der Waals surface area (Å²) in [5.74, 6) is 1.39. The molecule has 1 amide bonds. The zero-order valence-electron chi connectivity index (χ0n) is 12.5. The van der Waals surface area contributed by atoms with Gasteiger partial charge in [0.1, 0.15) is 0 Å². The number of aliphatic hydroxyl groups is 1. The Labute approximate surface area is 116 Å². The van der Waals surface area contributed by atoms with E-state index in [1.807, 2.05) is 11.8 Å². The second kappa shape index (κ2) is 5.80. The van der Waals surface area contributed by atoms with Crippen molar-refractivity contribution in [3.8, 4) is 0 Å². The van der Waals surface area contributed by atoms with Crippen molar-refractivity contribution in [2.45, 2.75) is 58.1 Å². The molecule has 4 heteroatoms. The van der Waals surface area contributed by atoms with Gasteiger partial charge >= 0.3 is 0 Å². The lowest BCUT2D eigenvalue weighted by Gasteiger charge is -2.46. The molecule has 1 aliphatic heterocycles. The lowest BCUT2D eigenvalue weighted by Crippen LogP contribution is -2.63. The molecule has 0 aromatic rings. The molecule has 2 aliphatic rings. The van der Waals surface area contributed by atoms with Gasteiger partial charge in [-0.3, -0.25) is 9.69 Å². The first-order chi connectivity index (χ1) is 8.93. The van der Waals surface area contributed by atoms with Crippen molar-refractivity contribution in [3.63, 3.8) is 0 Å². The molecule has 0 bridgehead atoms. The maximum Gasteiger partial charge on any atom is 0.234 e. The highest BCUT2D eigenvalue weighted by Crippen LogP contribution is 2.29. The Kier molecular flexibility index (Phi) is 4.51. The van der Waals surface area contributed by atoms with Crippen LogP contribution in [0.1, 0.15) is 46.5 Å².